The average Bonchev–Trinajstić information content (AvgIpc) is 2.66. The van der Waals surface area contributed by atoms with Crippen LogP contribution in [0.1, 0.15) is 30.4 Å². The van der Waals surface area contributed by atoms with Gasteiger partial charge in [-0.3, -0.25) is 4.79 Å². The molecule has 0 saturated heterocycles. The number of hydrogen-bond acceptors (Lipinski definition) is 3. The van der Waals surface area contributed by atoms with Gasteiger partial charge in [0.2, 0.25) is 0 Å². The van der Waals surface area contributed by atoms with E-state index < -0.39 is 0 Å². The monoisotopic (exact) mass is 334 g/mol. The highest BCUT2D eigenvalue weighted by atomic mass is 16.5. The van der Waals surface area contributed by atoms with Crippen LogP contribution in [-0.2, 0) is 9.53 Å². The normalized spacial score (nSPS) is 11.9. The molecule has 0 radical (unpaired) electrons. The van der Waals surface area contributed by atoms with Gasteiger partial charge in [-0.2, -0.15) is 0 Å². The second-order valence-electron chi connectivity index (χ2n) is 5.91. The Hall–Kier alpha value is -2.81. The summed E-state index contributed by atoms with van der Waals surface area (Å²) in [5, 5.41) is 2.32. The number of carbonyl (C=O) groups excluding carboxylic acids is 1. The summed E-state index contributed by atoms with van der Waals surface area (Å²) in [6.45, 7) is 2.22. The topological polar surface area (TPSA) is 35.5 Å². The molecule has 3 nitrogen and oxygen atoms in total. The molecule has 3 aromatic carbocycles. The Morgan fingerprint density at radius 3 is 2.56 bits per heavy atom. The third kappa shape index (κ3) is 3.82. The summed E-state index contributed by atoms with van der Waals surface area (Å²) in [5.74, 6) is 0.509. The van der Waals surface area contributed by atoms with Crippen molar-refractivity contribution in [1.29, 1.82) is 0 Å². The van der Waals surface area contributed by atoms with Crippen molar-refractivity contribution < 1.29 is 14.3 Å². The molecule has 0 heterocycles. The molecule has 3 heteroatoms. The highest BCUT2D eigenvalue weighted by Crippen LogP contribution is 2.34. The SMILES string of the molecule is CCOC(=O)CC(c1cccc(OC)c1)c1cccc2ccccc12. The van der Waals surface area contributed by atoms with Gasteiger partial charge < -0.3 is 9.47 Å². The Morgan fingerprint density at radius 1 is 1.00 bits per heavy atom. The van der Waals surface area contributed by atoms with Crippen molar-refractivity contribution in [3.8, 4) is 5.75 Å². The van der Waals surface area contributed by atoms with Crippen LogP contribution in [0.5, 0.6) is 5.75 Å². The molecule has 1 unspecified atom stereocenters. The van der Waals surface area contributed by atoms with E-state index in [2.05, 4.69) is 24.3 Å². The molecule has 0 saturated carbocycles. The van der Waals surface area contributed by atoms with E-state index in [4.69, 9.17) is 9.47 Å². The molecular weight excluding hydrogens is 312 g/mol. The number of ether oxygens (including phenoxy) is 2. The maximum absolute atomic E-state index is 12.2. The van der Waals surface area contributed by atoms with E-state index in [1.807, 2.05) is 49.4 Å². The molecule has 0 spiro atoms. The zero-order valence-electron chi connectivity index (χ0n) is 14.6. The fraction of sp³-hybridized carbons (Fsp3) is 0.227. The van der Waals surface area contributed by atoms with Gasteiger partial charge in [0, 0.05) is 5.92 Å². The van der Waals surface area contributed by atoms with Gasteiger partial charge in [0.25, 0.3) is 0 Å². The summed E-state index contributed by atoms with van der Waals surface area (Å²) in [7, 11) is 1.65. The van der Waals surface area contributed by atoms with Gasteiger partial charge in [0.15, 0.2) is 0 Å². The highest BCUT2D eigenvalue weighted by molar-refractivity contribution is 5.87. The van der Waals surface area contributed by atoms with Crippen LogP contribution in [0.4, 0.5) is 0 Å². The van der Waals surface area contributed by atoms with Crippen LogP contribution in [0.3, 0.4) is 0 Å². The van der Waals surface area contributed by atoms with Crippen molar-refractivity contribution in [1.82, 2.24) is 0 Å². The standard InChI is InChI=1S/C22H22O3/c1-3-25-22(23)15-21(17-10-6-11-18(14-17)24-2)20-13-7-9-16-8-4-5-12-19(16)20/h4-14,21H,3,15H2,1-2H3. The van der Waals surface area contributed by atoms with Gasteiger partial charge in [0.05, 0.1) is 20.1 Å². The third-order valence-electron chi connectivity index (χ3n) is 4.37. The minimum absolute atomic E-state index is 0.0831. The molecule has 0 bridgehead atoms. The Kier molecular flexibility index (Phi) is 5.34. The zero-order chi connectivity index (χ0) is 17.6. The first kappa shape index (κ1) is 17.0. The van der Waals surface area contributed by atoms with Crippen LogP contribution < -0.4 is 4.74 Å². The number of fused-ring (bicyclic) bond motifs is 1. The summed E-state index contributed by atoms with van der Waals surface area (Å²) in [6.07, 6.45) is 0.301. The predicted octanol–water partition coefficient (Wildman–Crippen LogP) is 4.93. The molecule has 1 atom stereocenters. The van der Waals surface area contributed by atoms with Crippen molar-refractivity contribution >= 4 is 16.7 Å². The van der Waals surface area contributed by atoms with Gasteiger partial charge in [-0.1, -0.05) is 54.6 Å². The Labute approximate surface area is 148 Å². The van der Waals surface area contributed by atoms with E-state index in [0.29, 0.717) is 13.0 Å². The number of hydrogen-bond donors (Lipinski definition) is 0. The molecule has 0 aliphatic heterocycles. The fourth-order valence-electron chi connectivity index (χ4n) is 3.21. The minimum atomic E-state index is -0.191. The smallest absolute Gasteiger partial charge is 0.306 e. The second kappa shape index (κ2) is 7.84. The minimum Gasteiger partial charge on any atom is -0.497 e. The molecule has 3 aromatic rings. The van der Waals surface area contributed by atoms with Crippen molar-refractivity contribution in [3.05, 3.63) is 77.9 Å². The summed E-state index contributed by atoms with van der Waals surface area (Å²) in [5.41, 5.74) is 2.17. The Morgan fingerprint density at radius 2 is 1.76 bits per heavy atom. The van der Waals surface area contributed by atoms with Crippen molar-refractivity contribution in [3.63, 3.8) is 0 Å². The molecule has 0 aliphatic carbocycles. The molecule has 0 N–H and O–H groups in total. The summed E-state index contributed by atoms with van der Waals surface area (Å²) in [6, 6.07) is 22.4. The van der Waals surface area contributed by atoms with Crippen LogP contribution in [0.25, 0.3) is 10.8 Å². The van der Waals surface area contributed by atoms with Gasteiger partial charge >= 0.3 is 5.97 Å². The van der Waals surface area contributed by atoms with Crippen LogP contribution >= 0.6 is 0 Å². The van der Waals surface area contributed by atoms with Crippen molar-refractivity contribution in [2.45, 2.75) is 19.3 Å². The van der Waals surface area contributed by atoms with Gasteiger partial charge in [-0.15, -0.1) is 0 Å². The first-order chi connectivity index (χ1) is 12.2. The fourth-order valence-corrected chi connectivity index (χ4v) is 3.21. The van der Waals surface area contributed by atoms with Crippen LogP contribution in [0.2, 0.25) is 0 Å². The first-order valence-corrected chi connectivity index (χ1v) is 8.50. The summed E-state index contributed by atoms with van der Waals surface area (Å²) >= 11 is 0. The van der Waals surface area contributed by atoms with Crippen molar-refractivity contribution in [2.24, 2.45) is 0 Å². The maximum atomic E-state index is 12.2. The lowest BCUT2D eigenvalue weighted by Crippen LogP contribution is -2.12. The molecule has 3 rings (SSSR count). The molecule has 0 aromatic heterocycles. The van der Waals surface area contributed by atoms with Crippen LogP contribution in [-0.4, -0.2) is 19.7 Å². The zero-order valence-corrected chi connectivity index (χ0v) is 14.6. The van der Waals surface area contributed by atoms with Crippen LogP contribution in [0, 0.1) is 0 Å². The molecule has 0 fully saturated rings. The highest BCUT2D eigenvalue weighted by Gasteiger charge is 2.21. The predicted molar refractivity (Wildman–Crippen MR) is 100 cm³/mol. The molecule has 128 valence electrons. The second-order valence-corrected chi connectivity index (χ2v) is 5.91. The Bertz CT molecular complexity index is 865. The van der Waals surface area contributed by atoms with E-state index in [-0.39, 0.29) is 11.9 Å². The molecule has 0 amide bonds. The maximum Gasteiger partial charge on any atom is 0.306 e. The van der Waals surface area contributed by atoms with Gasteiger partial charge in [-0.05, 0) is 41.0 Å². The van der Waals surface area contributed by atoms with E-state index in [0.717, 1.165) is 27.6 Å². The van der Waals surface area contributed by atoms with E-state index in [1.165, 1.54) is 0 Å². The largest absolute Gasteiger partial charge is 0.497 e. The lowest BCUT2D eigenvalue weighted by molar-refractivity contribution is -0.143. The van der Waals surface area contributed by atoms with E-state index >= 15 is 0 Å². The molecule has 25 heavy (non-hydrogen) atoms. The number of esters is 1. The quantitative estimate of drug-likeness (QED) is 0.599. The molecule has 0 aliphatic rings. The number of benzene rings is 3. The van der Waals surface area contributed by atoms with Crippen molar-refractivity contribution in [2.75, 3.05) is 13.7 Å². The first-order valence-electron chi connectivity index (χ1n) is 8.50. The average molecular weight is 334 g/mol. The lowest BCUT2D eigenvalue weighted by Gasteiger charge is -2.20. The van der Waals surface area contributed by atoms with Crippen LogP contribution in [0.15, 0.2) is 66.7 Å². The van der Waals surface area contributed by atoms with E-state index in [9.17, 15) is 4.79 Å². The lowest BCUT2D eigenvalue weighted by atomic mass is 9.85. The number of methoxy groups -OCH3 is 1. The van der Waals surface area contributed by atoms with E-state index in [1.54, 1.807) is 7.11 Å². The number of carbonyl (C=O) groups is 1. The number of rotatable bonds is 6. The summed E-state index contributed by atoms with van der Waals surface area (Å²) < 4.78 is 10.6. The van der Waals surface area contributed by atoms with Gasteiger partial charge in [-0.25, -0.2) is 0 Å². The third-order valence-corrected chi connectivity index (χ3v) is 4.37. The Balaban J connectivity index is 2.10. The molecular formula is C22H22O3. The summed E-state index contributed by atoms with van der Waals surface area (Å²) in [4.78, 5) is 12.2. The van der Waals surface area contributed by atoms with Gasteiger partial charge in [0.1, 0.15) is 5.75 Å².